The second-order valence-electron chi connectivity index (χ2n) is 6.17. The Hall–Kier alpha value is -2.88. The average molecular weight is 317 g/mol. The molecule has 0 aliphatic carbocycles. The molecule has 4 rings (SSSR count). The number of fused-ring (bicyclic) bond motifs is 1. The third-order valence-electron chi connectivity index (χ3n) is 4.43. The van der Waals surface area contributed by atoms with Crippen LogP contribution in [0.1, 0.15) is 18.1 Å². The summed E-state index contributed by atoms with van der Waals surface area (Å²) in [5.41, 5.74) is 4.11. The van der Waals surface area contributed by atoms with E-state index in [1.54, 1.807) is 0 Å². The molecule has 24 heavy (non-hydrogen) atoms. The van der Waals surface area contributed by atoms with Gasteiger partial charge in [-0.3, -0.25) is 14.7 Å². The number of nitrogens with zero attached hydrogens (tertiary/aromatic N) is 2. The summed E-state index contributed by atoms with van der Waals surface area (Å²) >= 11 is 0. The third-order valence-corrected chi connectivity index (χ3v) is 4.43. The highest BCUT2D eigenvalue weighted by atomic mass is 16.2. The van der Waals surface area contributed by atoms with E-state index in [1.807, 2.05) is 60.4 Å². The zero-order valence-electron chi connectivity index (χ0n) is 13.6. The Kier molecular flexibility index (Phi) is 3.65. The molecule has 0 aromatic heterocycles. The van der Waals surface area contributed by atoms with E-state index in [4.69, 9.17) is 4.99 Å². The minimum Gasteiger partial charge on any atom is -0.358 e. The molecular weight excluding hydrogens is 298 g/mol. The first-order valence-corrected chi connectivity index (χ1v) is 8.20. The molecule has 120 valence electrons. The van der Waals surface area contributed by atoms with E-state index in [-0.39, 0.29) is 11.9 Å². The van der Waals surface area contributed by atoms with Crippen molar-refractivity contribution in [2.45, 2.75) is 19.4 Å². The molecule has 0 bridgehead atoms. The van der Waals surface area contributed by atoms with Gasteiger partial charge in [0.2, 0.25) is 0 Å². The van der Waals surface area contributed by atoms with Crippen LogP contribution in [0.3, 0.4) is 0 Å². The van der Waals surface area contributed by atoms with E-state index in [1.165, 1.54) is 5.56 Å². The fourth-order valence-corrected chi connectivity index (χ4v) is 3.18. The maximum atomic E-state index is 12.5. The van der Waals surface area contributed by atoms with Gasteiger partial charge in [-0.05, 0) is 18.1 Å². The number of carbonyl (C=O) groups is 1. The number of rotatable bonds is 3. The van der Waals surface area contributed by atoms with Crippen molar-refractivity contribution in [1.82, 2.24) is 10.2 Å². The van der Waals surface area contributed by atoms with Crippen molar-refractivity contribution in [3.05, 3.63) is 83.3 Å². The lowest BCUT2D eigenvalue weighted by Gasteiger charge is -2.25. The molecule has 2 aliphatic rings. The van der Waals surface area contributed by atoms with E-state index in [9.17, 15) is 4.79 Å². The zero-order chi connectivity index (χ0) is 16.5. The maximum Gasteiger partial charge on any atom is 0.250 e. The van der Waals surface area contributed by atoms with Crippen molar-refractivity contribution in [3.63, 3.8) is 0 Å². The van der Waals surface area contributed by atoms with Gasteiger partial charge in [-0.15, -0.1) is 0 Å². The summed E-state index contributed by atoms with van der Waals surface area (Å²) in [4.78, 5) is 19.2. The topological polar surface area (TPSA) is 44.7 Å². The molecular formula is C20H19N3O. The Morgan fingerprint density at radius 2 is 1.75 bits per heavy atom. The van der Waals surface area contributed by atoms with Crippen LogP contribution in [-0.4, -0.2) is 29.1 Å². The van der Waals surface area contributed by atoms with Gasteiger partial charge in [0.25, 0.3) is 5.91 Å². The number of hydrogen-bond donors (Lipinski definition) is 1. The summed E-state index contributed by atoms with van der Waals surface area (Å²) in [5, 5.41) is 3.30. The maximum absolute atomic E-state index is 12.5. The number of benzene rings is 2. The van der Waals surface area contributed by atoms with E-state index >= 15 is 0 Å². The van der Waals surface area contributed by atoms with Crippen molar-refractivity contribution in [2.24, 2.45) is 4.99 Å². The van der Waals surface area contributed by atoms with Gasteiger partial charge in [-0.2, -0.15) is 0 Å². The van der Waals surface area contributed by atoms with Gasteiger partial charge < -0.3 is 5.32 Å². The summed E-state index contributed by atoms with van der Waals surface area (Å²) in [5.74, 6) is 0.968. The van der Waals surface area contributed by atoms with Crippen molar-refractivity contribution in [2.75, 3.05) is 6.54 Å². The molecule has 2 aromatic rings. The molecule has 1 amide bonds. The van der Waals surface area contributed by atoms with Crippen LogP contribution in [0.4, 0.5) is 0 Å². The Morgan fingerprint density at radius 1 is 1.08 bits per heavy atom. The van der Waals surface area contributed by atoms with Crippen molar-refractivity contribution >= 4 is 11.6 Å². The van der Waals surface area contributed by atoms with Crippen molar-refractivity contribution in [1.29, 1.82) is 0 Å². The molecule has 2 aromatic carbocycles. The predicted octanol–water partition coefficient (Wildman–Crippen LogP) is 2.72. The van der Waals surface area contributed by atoms with Crippen LogP contribution >= 0.6 is 0 Å². The van der Waals surface area contributed by atoms with E-state index in [0.29, 0.717) is 13.0 Å². The SMILES string of the molecule is CC1NC2=C(Cc3ccccc3)N=C(c3ccccc3)CN2C1=O. The molecule has 1 fully saturated rings. The van der Waals surface area contributed by atoms with Crippen LogP contribution in [0.2, 0.25) is 0 Å². The van der Waals surface area contributed by atoms with Gasteiger partial charge in [-0.1, -0.05) is 60.7 Å². The predicted molar refractivity (Wildman–Crippen MR) is 94.5 cm³/mol. The molecule has 4 nitrogen and oxygen atoms in total. The highest BCUT2D eigenvalue weighted by molar-refractivity contribution is 6.06. The third kappa shape index (κ3) is 2.60. The first-order chi connectivity index (χ1) is 11.7. The standard InChI is InChI=1S/C20H19N3O/c1-14-20(24)23-13-18(16-10-6-3-7-11-16)22-17(19(23)21-14)12-15-8-4-2-5-9-15/h2-11,14,21H,12-13H2,1H3. The lowest BCUT2D eigenvalue weighted by Crippen LogP contribution is -2.36. The van der Waals surface area contributed by atoms with Gasteiger partial charge in [0.05, 0.1) is 18.0 Å². The van der Waals surface area contributed by atoms with Crippen LogP contribution in [0.5, 0.6) is 0 Å². The lowest BCUT2D eigenvalue weighted by molar-refractivity contribution is -0.127. The Bertz CT molecular complexity index is 824. The fourth-order valence-electron chi connectivity index (χ4n) is 3.18. The molecule has 2 heterocycles. The molecule has 0 radical (unpaired) electrons. The Morgan fingerprint density at radius 3 is 2.46 bits per heavy atom. The molecule has 1 saturated heterocycles. The van der Waals surface area contributed by atoms with E-state index in [2.05, 4.69) is 17.4 Å². The van der Waals surface area contributed by atoms with Gasteiger partial charge in [0.1, 0.15) is 11.9 Å². The average Bonchev–Trinajstić information content (AvgIpc) is 2.92. The summed E-state index contributed by atoms with van der Waals surface area (Å²) in [6.45, 7) is 2.42. The first kappa shape index (κ1) is 14.7. The van der Waals surface area contributed by atoms with E-state index < -0.39 is 0 Å². The van der Waals surface area contributed by atoms with Gasteiger partial charge in [0.15, 0.2) is 0 Å². The number of carbonyl (C=O) groups excluding carboxylic acids is 1. The summed E-state index contributed by atoms with van der Waals surface area (Å²) < 4.78 is 0. The summed E-state index contributed by atoms with van der Waals surface area (Å²) in [6, 6.07) is 20.1. The van der Waals surface area contributed by atoms with Crippen LogP contribution in [-0.2, 0) is 11.2 Å². The van der Waals surface area contributed by atoms with Gasteiger partial charge in [0, 0.05) is 6.42 Å². The number of allylic oxidation sites excluding steroid dienone is 1. The normalized spacial score (nSPS) is 19.9. The molecule has 0 spiro atoms. The number of hydrogen-bond acceptors (Lipinski definition) is 3. The van der Waals surface area contributed by atoms with Crippen LogP contribution in [0.25, 0.3) is 0 Å². The lowest BCUT2D eigenvalue weighted by atomic mass is 10.1. The van der Waals surface area contributed by atoms with E-state index in [0.717, 1.165) is 22.8 Å². The highest BCUT2D eigenvalue weighted by Crippen LogP contribution is 2.26. The Labute approximate surface area is 141 Å². The smallest absolute Gasteiger partial charge is 0.250 e. The summed E-state index contributed by atoms with van der Waals surface area (Å²) in [7, 11) is 0. The first-order valence-electron chi connectivity index (χ1n) is 8.20. The van der Waals surface area contributed by atoms with Crippen molar-refractivity contribution < 1.29 is 4.79 Å². The van der Waals surface area contributed by atoms with Crippen LogP contribution in [0, 0.1) is 0 Å². The molecule has 1 atom stereocenters. The highest BCUT2D eigenvalue weighted by Gasteiger charge is 2.37. The largest absolute Gasteiger partial charge is 0.358 e. The second-order valence-corrected chi connectivity index (χ2v) is 6.17. The minimum atomic E-state index is -0.198. The van der Waals surface area contributed by atoms with Crippen LogP contribution < -0.4 is 5.32 Å². The van der Waals surface area contributed by atoms with Gasteiger partial charge >= 0.3 is 0 Å². The minimum absolute atomic E-state index is 0.110. The zero-order valence-corrected chi connectivity index (χ0v) is 13.6. The molecule has 1 N–H and O–H groups in total. The van der Waals surface area contributed by atoms with Crippen LogP contribution in [0.15, 0.2) is 77.2 Å². The second kappa shape index (κ2) is 5.96. The number of aliphatic imine (C=N–C) groups is 1. The molecule has 1 unspecified atom stereocenters. The molecule has 2 aliphatic heterocycles. The quantitative estimate of drug-likeness (QED) is 0.946. The summed E-state index contributed by atoms with van der Waals surface area (Å²) in [6.07, 6.45) is 0.704. The number of nitrogens with one attached hydrogen (secondary N) is 1. The fraction of sp³-hybridized carbons (Fsp3) is 0.200. The van der Waals surface area contributed by atoms with Gasteiger partial charge in [-0.25, -0.2) is 0 Å². The Balaban J connectivity index is 1.75. The van der Waals surface area contributed by atoms with Crippen molar-refractivity contribution in [3.8, 4) is 0 Å². The molecule has 4 heteroatoms. The number of amides is 1. The monoisotopic (exact) mass is 317 g/mol. The molecule has 0 saturated carbocycles.